The van der Waals surface area contributed by atoms with E-state index in [4.69, 9.17) is 4.74 Å². The number of hydrogen-bond donors (Lipinski definition) is 0. The Morgan fingerprint density at radius 3 is 2.47 bits per heavy atom. The number of carbonyl (C=O) groups is 1. The fourth-order valence-corrected chi connectivity index (χ4v) is 1.04. The van der Waals surface area contributed by atoms with Crippen molar-refractivity contribution in [3.05, 3.63) is 18.0 Å². The Hall–Kier alpha value is -1.32. The van der Waals surface area contributed by atoms with Gasteiger partial charge in [-0.1, -0.05) is 13.8 Å². The third-order valence-corrected chi connectivity index (χ3v) is 1.85. The molecule has 0 aliphatic heterocycles. The highest BCUT2D eigenvalue weighted by Crippen LogP contribution is 2.14. The summed E-state index contributed by atoms with van der Waals surface area (Å²) >= 11 is 0. The van der Waals surface area contributed by atoms with E-state index in [1.807, 2.05) is 20.8 Å². The fraction of sp³-hybridized carbons (Fsp3) is 0.636. The van der Waals surface area contributed by atoms with E-state index in [2.05, 4.69) is 18.9 Å². The first kappa shape index (κ1) is 11.8. The van der Waals surface area contributed by atoms with E-state index in [-0.39, 0.29) is 0 Å². The molecule has 1 aromatic rings. The van der Waals surface area contributed by atoms with Gasteiger partial charge in [0.25, 0.3) is 0 Å². The molecule has 0 saturated heterocycles. The molecule has 84 valence electrons. The second-order valence-corrected chi connectivity index (χ2v) is 4.85. The average Bonchev–Trinajstić information content (AvgIpc) is 2.47. The molecule has 0 N–H and O–H groups in total. The van der Waals surface area contributed by atoms with E-state index < -0.39 is 11.7 Å². The van der Waals surface area contributed by atoms with Gasteiger partial charge in [-0.3, -0.25) is 0 Å². The topological polar surface area (TPSA) is 44.1 Å². The zero-order valence-electron chi connectivity index (χ0n) is 9.94. The summed E-state index contributed by atoms with van der Waals surface area (Å²) in [6, 6.07) is 0. The van der Waals surface area contributed by atoms with Crippen LogP contribution in [0.5, 0.6) is 0 Å². The van der Waals surface area contributed by atoms with E-state index in [0.717, 1.165) is 5.56 Å². The molecule has 1 rings (SSSR count). The highest BCUT2D eigenvalue weighted by Gasteiger charge is 2.18. The van der Waals surface area contributed by atoms with Gasteiger partial charge >= 0.3 is 6.09 Å². The second kappa shape index (κ2) is 4.04. The van der Waals surface area contributed by atoms with Crippen LogP contribution in [0.1, 0.15) is 46.1 Å². The number of aromatic nitrogens is 2. The number of ether oxygens (including phenoxy) is 1. The minimum absolute atomic E-state index is 0.362. The number of nitrogens with zero attached hydrogens (tertiary/aromatic N) is 2. The van der Waals surface area contributed by atoms with Crippen molar-refractivity contribution in [2.24, 2.45) is 0 Å². The van der Waals surface area contributed by atoms with Crippen LogP contribution >= 0.6 is 0 Å². The largest absolute Gasteiger partial charge is 0.442 e. The van der Waals surface area contributed by atoms with Gasteiger partial charge < -0.3 is 4.74 Å². The molecule has 1 aromatic heterocycles. The first-order valence-corrected chi connectivity index (χ1v) is 5.07. The predicted molar refractivity (Wildman–Crippen MR) is 57.9 cm³/mol. The maximum atomic E-state index is 11.6. The van der Waals surface area contributed by atoms with Crippen molar-refractivity contribution in [2.75, 3.05) is 0 Å². The van der Waals surface area contributed by atoms with Gasteiger partial charge in [0, 0.05) is 6.20 Å². The Morgan fingerprint density at radius 2 is 2.07 bits per heavy atom. The Balaban J connectivity index is 2.75. The molecule has 15 heavy (non-hydrogen) atoms. The molecule has 0 amide bonds. The van der Waals surface area contributed by atoms with Crippen LogP contribution in [0.4, 0.5) is 4.79 Å². The van der Waals surface area contributed by atoms with Gasteiger partial charge in [0.05, 0.1) is 6.20 Å². The molecule has 4 nitrogen and oxygen atoms in total. The van der Waals surface area contributed by atoms with Crippen LogP contribution in [0, 0.1) is 0 Å². The van der Waals surface area contributed by atoms with E-state index in [9.17, 15) is 4.79 Å². The van der Waals surface area contributed by atoms with Crippen molar-refractivity contribution in [1.29, 1.82) is 0 Å². The molecule has 0 fully saturated rings. The Bertz CT molecular complexity index is 348. The Labute approximate surface area is 90.2 Å². The summed E-state index contributed by atoms with van der Waals surface area (Å²) in [5.74, 6) is 0.362. The maximum absolute atomic E-state index is 11.6. The fourth-order valence-electron chi connectivity index (χ4n) is 1.04. The first-order chi connectivity index (χ1) is 6.79. The minimum atomic E-state index is -0.485. The molecular formula is C11H18N2O2. The second-order valence-electron chi connectivity index (χ2n) is 4.85. The summed E-state index contributed by atoms with van der Waals surface area (Å²) in [7, 11) is 0. The molecule has 0 spiro atoms. The van der Waals surface area contributed by atoms with Gasteiger partial charge in [0.2, 0.25) is 0 Å². The van der Waals surface area contributed by atoms with Crippen molar-refractivity contribution >= 4 is 6.09 Å². The summed E-state index contributed by atoms with van der Waals surface area (Å²) in [6.45, 7) is 9.60. The van der Waals surface area contributed by atoms with Crippen LogP contribution in [0.25, 0.3) is 0 Å². The third-order valence-electron chi connectivity index (χ3n) is 1.85. The SMILES string of the molecule is CC(C)c1cnn(C(=O)OC(C)(C)C)c1. The van der Waals surface area contributed by atoms with Gasteiger partial charge in [-0.25, -0.2) is 4.79 Å². The molecule has 0 aliphatic rings. The summed E-state index contributed by atoms with van der Waals surface area (Å²) in [4.78, 5) is 11.6. The Morgan fingerprint density at radius 1 is 1.47 bits per heavy atom. The lowest BCUT2D eigenvalue weighted by Crippen LogP contribution is -2.27. The van der Waals surface area contributed by atoms with Gasteiger partial charge in [0.1, 0.15) is 5.60 Å². The number of hydrogen-bond acceptors (Lipinski definition) is 3. The van der Waals surface area contributed by atoms with Crippen molar-refractivity contribution in [2.45, 2.75) is 46.1 Å². The molecule has 0 unspecified atom stereocenters. The van der Waals surface area contributed by atoms with Crippen molar-refractivity contribution < 1.29 is 9.53 Å². The van der Waals surface area contributed by atoms with Crippen LogP contribution in [0.15, 0.2) is 12.4 Å². The maximum Gasteiger partial charge on any atom is 0.435 e. The molecule has 0 atom stereocenters. The monoisotopic (exact) mass is 210 g/mol. The smallest absolute Gasteiger partial charge is 0.435 e. The summed E-state index contributed by atoms with van der Waals surface area (Å²) in [6.07, 6.45) is 2.96. The standard InChI is InChI=1S/C11H18N2O2/c1-8(2)9-6-12-13(7-9)10(14)15-11(3,4)5/h6-8H,1-5H3. The molecule has 0 aliphatic carbocycles. The molecule has 0 radical (unpaired) electrons. The quantitative estimate of drug-likeness (QED) is 0.716. The molecule has 0 aromatic carbocycles. The molecule has 4 heteroatoms. The lowest BCUT2D eigenvalue weighted by atomic mass is 10.1. The van der Waals surface area contributed by atoms with E-state index in [0.29, 0.717) is 5.92 Å². The summed E-state index contributed by atoms with van der Waals surface area (Å²) in [5, 5.41) is 3.96. The first-order valence-electron chi connectivity index (χ1n) is 5.07. The molecule has 1 heterocycles. The predicted octanol–water partition coefficient (Wildman–Crippen LogP) is 2.79. The lowest BCUT2D eigenvalue weighted by molar-refractivity contribution is 0.0514. The van der Waals surface area contributed by atoms with E-state index in [1.165, 1.54) is 4.68 Å². The molecular weight excluding hydrogens is 192 g/mol. The highest BCUT2D eigenvalue weighted by molar-refractivity contribution is 5.69. The summed E-state index contributed by atoms with van der Waals surface area (Å²) < 4.78 is 6.42. The molecule has 0 saturated carbocycles. The molecule has 0 bridgehead atoms. The van der Waals surface area contributed by atoms with Gasteiger partial charge in [0.15, 0.2) is 0 Å². The van der Waals surface area contributed by atoms with E-state index >= 15 is 0 Å². The van der Waals surface area contributed by atoms with Crippen molar-refractivity contribution in [1.82, 2.24) is 9.78 Å². The van der Waals surface area contributed by atoms with Crippen LogP contribution < -0.4 is 0 Å². The van der Waals surface area contributed by atoms with Crippen LogP contribution in [0.3, 0.4) is 0 Å². The van der Waals surface area contributed by atoms with Gasteiger partial charge in [-0.15, -0.1) is 0 Å². The number of carbonyl (C=O) groups excluding carboxylic acids is 1. The zero-order valence-corrected chi connectivity index (χ0v) is 9.94. The van der Waals surface area contributed by atoms with Crippen molar-refractivity contribution in [3.8, 4) is 0 Å². The van der Waals surface area contributed by atoms with Gasteiger partial charge in [-0.05, 0) is 32.3 Å². The number of rotatable bonds is 1. The van der Waals surface area contributed by atoms with Crippen molar-refractivity contribution in [3.63, 3.8) is 0 Å². The lowest BCUT2D eigenvalue weighted by Gasteiger charge is -2.18. The van der Waals surface area contributed by atoms with Gasteiger partial charge in [-0.2, -0.15) is 9.78 Å². The minimum Gasteiger partial charge on any atom is -0.442 e. The van der Waals surface area contributed by atoms with Crippen LogP contribution in [-0.4, -0.2) is 21.5 Å². The van der Waals surface area contributed by atoms with Crippen LogP contribution in [-0.2, 0) is 4.74 Å². The van der Waals surface area contributed by atoms with E-state index in [1.54, 1.807) is 12.4 Å². The normalized spacial score (nSPS) is 11.9. The van der Waals surface area contributed by atoms with Crippen LogP contribution in [0.2, 0.25) is 0 Å². The zero-order chi connectivity index (χ0) is 11.6. The Kier molecular flexibility index (Phi) is 3.17. The average molecular weight is 210 g/mol. The third kappa shape index (κ3) is 3.38. The summed E-state index contributed by atoms with van der Waals surface area (Å²) in [5.41, 5.74) is 0.543. The highest BCUT2D eigenvalue weighted by atomic mass is 16.6.